The van der Waals surface area contributed by atoms with E-state index in [1.165, 1.54) is 0 Å². The topological polar surface area (TPSA) is 27.7 Å². The summed E-state index contributed by atoms with van der Waals surface area (Å²) in [5, 5.41) is 0. The molecule has 0 rings (SSSR count). The van der Waals surface area contributed by atoms with Gasteiger partial charge in [0.15, 0.2) is 0 Å². The van der Waals surface area contributed by atoms with Gasteiger partial charge in [-0.05, 0) is 6.42 Å². The third-order valence-corrected chi connectivity index (χ3v) is 1.74. The highest BCUT2D eigenvalue weighted by molar-refractivity contribution is 4.83. The second kappa shape index (κ2) is 6.01. The van der Waals surface area contributed by atoms with Crippen LogP contribution in [0.3, 0.4) is 0 Å². The highest BCUT2D eigenvalue weighted by atomic mass is 16.9. The van der Waals surface area contributed by atoms with Crippen molar-refractivity contribution in [3.05, 3.63) is 0 Å². The van der Waals surface area contributed by atoms with Crippen molar-refractivity contribution in [1.82, 2.24) is 0 Å². The van der Waals surface area contributed by atoms with Gasteiger partial charge in [0.1, 0.15) is 0 Å². The summed E-state index contributed by atoms with van der Waals surface area (Å²) in [6.07, 6.45) is 7.28. The van der Waals surface area contributed by atoms with Crippen LogP contribution in [0.1, 0.15) is 19.3 Å². The molecule has 12 heavy (non-hydrogen) atoms. The molecular weight excluding hydrogens is 156 g/mol. The Hall–Kier alpha value is -0.560. The lowest BCUT2D eigenvalue weighted by atomic mass is 10.2. The van der Waals surface area contributed by atoms with E-state index in [2.05, 4.69) is 5.92 Å². The molecule has 0 heterocycles. The normalized spacial score (nSPS) is 11.2. The number of terminal acetylenes is 1. The fraction of sp³-hybridized carbons (Fsp3) is 0.778. The summed E-state index contributed by atoms with van der Waals surface area (Å²) in [5.41, 5.74) is 0. The van der Waals surface area contributed by atoms with Crippen molar-refractivity contribution in [3.8, 4) is 12.3 Å². The Balaban J connectivity index is 3.86. The standard InChI is InChI=1S/C9H16O3/c1-5-6-7-8-9(10-2,11-3)12-4/h1H,6-8H2,2-4H3. The van der Waals surface area contributed by atoms with Crippen LogP contribution in [-0.4, -0.2) is 27.3 Å². The zero-order chi connectivity index (χ0) is 9.45. The zero-order valence-electron chi connectivity index (χ0n) is 7.92. The molecule has 0 aromatic rings. The van der Waals surface area contributed by atoms with Gasteiger partial charge in [-0.15, -0.1) is 12.3 Å². The highest BCUT2D eigenvalue weighted by Gasteiger charge is 2.28. The Morgan fingerprint density at radius 2 is 1.67 bits per heavy atom. The molecule has 0 aliphatic heterocycles. The number of hydrogen-bond donors (Lipinski definition) is 0. The summed E-state index contributed by atoms with van der Waals surface area (Å²) in [6.45, 7) is 0. The fourth-order valence-corrected chi connectivity index (χ4v) is 0.963. The minimum absolute atomic E-state index is 0.640. The Kier molecular flexibility index (Phi) is 5.73. The summed E-state index contributed by atoms with van der Waals surface area (Å²) >= 11 is 0. The molecule has 0 radical (unpaired) electrons. The molecule has 0 saturated carbocycles. The molecule has 3 nitrogen and oxygen atoms in total. The van der Waals surface area contributed by atoms with Crippen molar-refractivity contribution in [2.75, 3.05) is 21.3 Å². The average Bonchev–Trinajstić information content (AvgIpc) is 2.14. The third-order valence-electron chi connectivity index (χ3n) is 1.74. The first kappa shape index (κ1) is 11.4. The van der Waals surface area contributed by atoms with Crippen LogP contribution < -0.4 is 0 Å². The predicted octanol–water partition coefficient (Wildman–Crippen LogP) is 1.38. The van der Waals surface area contributed by atoms with Gasteiger partial charge in [-0.1, -0.05) is 0 Å². The van der Waals surface area contributed by atoms with E-state index in [9.17, 15) is 0 Å². The van der Waals surface area contributed by atoms with Gasteiger partial charge in [-0.2, -0.15) is 0 Å². The second-order valence-electron chi connectivity index (χ2n) is 2.35. The van der Waals surface area contributed by atoms with Crippen molar-refractivity contribution in [2.45, 2.75) is 25.2 Å². The average molecular weight is 172 g/mol. The maximum absolute atomic E-state index is 5.11. The van der Waals surface area contributed by atoms with Crippen LogP contribution in [-0.2, 0) is 14.2 Å². The molecule has 0 spiro atoms. The Labute approximate surface area is 74.0 Å². The van der Waals surface area contributed by atoms with Crippen LogP contribution in [0.2, 0.25) is 0 Å². The first-order valence-corrected chi connectivity index (χ1v) is 3.83. The van der Waals surface area contributed by atoms with E-state index in [-0.39, 0.29) is 0 Å². The maximum Gasteiger partial charge on any atom is 0.282 e. The Morgan fingerprint density at radius 3 is 2.00 bits per heavy atom. The molecule has 0 bridgehead atoms. The van der Waals surface area contributed by atoms with Crippen molar-refractivity contribution >= 4 is 0 Å². The first-order valence-electron chi connectivity index (χ1n) is 3.83. The van der Waals surface area contributed by atoms with E-state index >= 15 is 0 Å². The van der Waals surface area contributed by atoms with Crippen molar-refractivity contribution in [3.63, 3.8) is 0 Å². The maximum atomic E-state index is 5.11. The molecule has 0 unspecified atom stereocenters. The molecule has 0 N–H and O–H groups in total. The van der Waals surface area contributed by atoms with Gasteiger partial charge >= 0.3 is 0 Å². The quantitative estimate of drug-likeness (QED) is 0.344. The summed E-state index contributed by atoms with van der Waals surface area (Å²) in [7, 11) is 4.63. The number of ether oxygens (including phenoxy) is 3. The summed E-state index contributed by atoms with van der Waals surface area (Å²) < 4.78 is 15.2. The molecule has 0 aromatic heterocycles. The van der Waals surface area contributed by atoms with Gasteiger partial charge in [0.2, 0.25) is 0 Å². The largest absolute Gasteiger partial charge is 0.331 e. The van der Waals surface area contributed by atoms with Crippen LogP contribution in [0.5, 0.6) is 0 Å². The lowest BCUT2D eigenvalue weighted by Gasteiger charge is -2.28. The highest BCUT2D eigenvalue weighted by Crippen LogP contribution is 2.19. The molecule has 0 amide bonds. The number of hydrogen-bond acceptors (Lipinski definition) is 3. The van der Waals surface area contributed by atoms with E-state index in [0.717, 1.165) is 6.42 Å². The molecule has 0 aliphatic rings. The van der Waals surface area contributed by atoms with Crippen LogP contribution >= 0.6 is 0 Å². The van der Waals surface area contributed by atoms with E-state index in [0.29, 0.717) is 12.8 Å². The minimum atomic E-state index is -0.920. The van der Waals surface area contributed by atoms with Crippen LogP contribution in [0.15, 0.2) is 0 Å². The van der Waals surface area contributed by atoms with Crippen molar-refractivity contribution in [1.29, 1.82) is 0 Å². The third kappa shape index (κ3) is 3.22. The van der Waals surface area contributed by atoms with Gasteiger partial charge in [-0.25, -0.2) is 0 Å². The molecule has 70 valence electrons. The van der Waals surface area contributed by atoms with E-state index in [1.807, 2.05) is 0 Å². The molecule has 3 heteroatoms. The van der Waals surface area contributed by atoms with E-state index < -0.39 is 5.97 Å². The van der Waals surface area contributed by atoms with Crippen LogP contribution in [0.4, 0.5) is 0 Å². The molecule has 0 aliphatic carbocycles. The van der Waals surface area contributed by atoms with Gasteiger partial charge < -0.3 is 14.2 Å². The number of rotatable bonds is 6. The smallest absolute Gasteiger partial charge is 0.282 e. The molecule has 0 atom stereocenters. The molecular formula is C9H16O3. The first-order chi connectivity index (χ1) is 5.74. The summed E-state index contributed by atoms with van der Waals surface area (Å²) in [5.74, 6) is 1.63. The SMILES string of the molecule is C#CCCCC(OC)(OC)OC. The van der Waals surface area contributed by atoms with Crippen LogP contribution in [0.25, 0.3) is 0 Å². The van der Waals surface area contributed by atoms with Crippen LogP contribution in [0, 0.1) is 12.3 Å². The van der Waals surface area contributed by atoms with E-state index in [1.54, 1.807) is 21.3 Å². The minimum Gasteiger partial charge on any atom is -0.331 e. The monoisotopic (exact) mass is 172 g/mol. The zero-order valence-corrected chi connectivity index (χ0v) is 7.92. The van der Waals surface area contributed by atoms with Gasteiger partial charge in [0, 0.05) is 34.2 Å². The van der Waals surface area contributed by atoms with Crippen molar-refractivity contribution in [2.24, 2.45) is 0 Å². The summed E-state index contributed by atoms with van der Waals surface area (Å²) in [4.78, 5) is 0. The molecule has 0 saturated heterocycles. The van der Waals surface area contributed by atoms with Gasteiger partial charge in [-0.3, -0.25) is 0 Å². The lowest BCUT2D eigenvalue weighted by Crippen LogP contribution is -2.35. The Morgan fingerprint density at radius 1 is 1.17 bits per heavy atom. The summed E-state index contributed by atoms with van der Waals surface area (Å²) in [6, 6.07) is 0. The lowest BCUT2D eigenvalue weighted by molar-refractivity contribution is -0.355. The predicted molar refractivity (Wildman–Crippen MR) is 46.4 cm³/mol. The Bertz CT molecular complexity index is 136. The second-order valence-corrected chi connectivity index (χ2v) is 2.35. The van der Waals surface area contributed by atoms with Crippen molar-refractivity contribution < 1.29 is 14.2 Å². The number of methoxy groups -OCH3 is 3. The fourth-order valence-electron chi connectivity index (χ4n) is 0.963. The molecule has 0 aromatic carbocycles. The van der Waals surface area contributed by atoms with Gasteiger partial charge in [0.05, 0.1) is 0 Å². The number of unbranched alkanes of at least 4 members (excludes halogenated alkanes) is 1. The molecule has 0 fully saturated rings. The van der Waals surface area contributed by atoms with E-state index in [4.69, 9.17) is 20.6 Å². The van der Waals surface area contributed by atoms with Gasteiger partial charge in [0.25, 0.3) is 5.97 Å².